The monoisotopic (exact) mass is 377 g/mol. The van der Waals surface area contributed by atoms with Crippen molar-refractivity contribution in [1.29, 1.82) is 0 Å². The Morgan fingerprint density at radius 3 is 2.40 bits per heavy atom. The van der Waals surface area contributed by atoms with Crippen LogP contribution in [0.2, 0.25) is 13.1 Å². The quantitative estimate of drug-likeness (QED) is 0.568. The van der Waals surface area contributed by atoms with Crippen LogP contribution in [0, 0.1) is 19.3 Å². The molecule has 0 amide bonds. The molecule has 1 heterocycles. The molecule has 2 rings (SSSR count). The largest absolute Gasteiger partial charge is 0.400 e. The third-order valence-electron chi connectivity index (χ3n) is 4.67. The molecule has 1 aromatic heterocycles. The highest BCUT2D eigenvalue weighted by Gasteiger charge is 2.33. The summed E-state index contributed by atoms with van der Waals surface area (Å²) in [5.41, 5.74) is 3.69. The van der Waals surface area contributed by atoms with E-state index in [0.717, 1.165) is 22.2 Å². The first-order valence-electron chi connectivity index (χ1n) is 9.08. The molecule has 1 unspecified atom stereocenters. The molecule has 0 bridgehead atoms. The van der Waals surface area contributed by atoms with Crippen LogP contribution in [0.15, 0.2) is 24.3 Å². The van der Waals surface area contributed by atoms with Gasteiger partial charge in [-0.15, -0.1) is 0 Å². The van der Waals surface area contributed by atoms with Gasteiger partial charge in [-0.2, -0.15) is 0 Å². The topological polar surface area (TPSA) is 51.6 Å². The summed E-state index contributed by atoms with van der Waals surface area (Å²) < 4.78 is 11.9. The van der Waals surface area contributed by atoms with Crippen molar-refractivity contribution in [1.82, 2.24) is 4.98 Å². The molecule has 138 valence electrons. The van der Waals surface area contributed by atoms with Crippen molar-refractivity contribution in [2.45, 2.75) is 59.6 Å². The van der Waals surface area contributed by atoms with E-state index in [0.29, 0.717) is 6.42 Å². The average Bonchev–Trinajstić information content (AvgIpc) is 2.54. The van der Waals surface area contributed by atoms with E-state index in [1.54, 1.807) is 0 Å². The molecule has 1 N–H and O–H groups in total. The lowest BCUT2D eigenvalue weighted by Crippen LogP contribution is -2.37. The van der Waals surface area contributed by atoms with Crippen LogP contribution in [-0.2, 0) is 8.85 Å². The number of rotatable bonds is 8. The maximum atomic E-state index is 11.0. The minimum absolute atomic E-state index is 0.220. The Hall–Kier alpha value is -1.06. The lowest BCUT2D eigenvalue weighted by molar-refractivity contribution is -0.0954. The van der Waals surface area contributed by atoms with Gasteiger partial charge in [-0.3, -0.25) is 4.98 Å². The standard InChI is InChI=1S/C19H31NO3Si2/c1-12-10-14-8-7-9-15(17(14)20-13(12)2)16(21)11-19(3,4)18(22-24-5)23-25-6/h7-10,16,18,21H,11,24-25H2,1-6H3. The third kappa shape index (κ3) is 4.77. The second-order valence-electron chi connectivity index (χ2n) is 7.26. The van der Waals surface area contributed by atoms with Gasteiger partial charge in [-0.25, -0.2) is 0 Å². The molecule has 0 saturated heterocycles. The van der Waals surface area contributed by atoms with Crippen LogP contribution >= 0.6 is 0 Å². The zero-order valence-electron chi connectivity index (χ0n) is 16.3. The number of aryl methyl sites for hydroxylation is 2. The zero-order valence-corrected chi connectivity index (χ0v) is 19.1. The van der Waals surface area contributed by atoms with E-state index in [4.69, 9.17) is 13.8 Å². The molecule has 0 aliphatic rings. The first-order chi connectivity index (χ1) is 11.8. The molecule has 0 spiro atoms. The predicted molar refractivity (Wildman–Crippen MR) is 109 cm³/mol. The number of aliphatic hydroxyl groups is 1. The number of nitrogens with zero attached hydrogens (tertiary/aromatic N) is 1. The van der Waals surface area contributed by atoms with Gasteiger partial charge in [0.05, 0.1) is 11.6 Å². The molecule has 1 aromatic carbocycles. The first-order valence-corrected chi connectivity index (χ1v) is 13.1. The van der Waals surface area contributed by atoms with Crippen molar-refractivity contribution < 1.29 is 14.0 Å². The second-order valence-corrected chi connectivity index (χ2v) is 9.08. The van der Waals surface area contributed by atoms with Crippen molar-refractivity contribution in [3.05, 3.63) is 41.1 Å². The van der Waals surface area contributed by atoms with Crippen molar-refractivity contribution >= 4 is 30.4 Å². The van der Waals surface area contributed by atoms with Gasteiger partial charge in [0, 0.05) is 22.1 Å². The van der Waals surface area contributed by atoms with Crippen LogP contribution in [-0.4, -0.2) is 35.9 Å². The summed E-state index contributed by atoms with van der Waals surface area (Å²) >= 11 is 0. The summed E-state index contributed by atoms with van der Waals surface area (Å²) in [6.07, 6.45) is -0.240. The van der Waals surface area contributed by atoms with Gasteiger partial charge >= 0.3 is 0 Å². The van der Waals surface area contributed by atoms with Crippen LogP contribution in [0.4, 0.5) is 0 Å². The van der Waals surface area contributed by atoms with Gasteiger partial charge in [0.1, 0.15) is 6.29 Å². The molecule has 2 aromatic rings. The fourth-order valence-electron chi connectivity index (χ4n) is 3.19. The van der Waals surface area contributed by atoms with Gasteiger partial charge in [0.25, 0.3) is 0 Å². The van der Waals surface area contributed by atoms with E-state index >= 15 is 0 Å². The fraction of sp³-hybridized carbons (Fsp3) is 0.526. The highest BCUT2D eigenvalue weighted by molar-refractivity contribution is 6.26. The number of pyridine rings is 1. The first kappa shape index (κ1) is 20.3. The van der Waals surface area contributed by atoms with E-state index in [-0.39, 0.29) is 11.7 Å². The summed E-state index contributed by atoms with van der Waals surface area (Å²) in [6.45, 7) is 12.5. The number of hydrogen-bond acceptors (Lipinski definition) is 4. The van der Waals surface area contributed by atoms with Crippen LogP contribution in [0.5, 0.6) is 0 Å². The number of fused-ring (bicyclic) bond motifs is 1. The van der Waals surface area contributed by atoms with E-state index in [1.165, 1.54) is 5.56 Å². The van der Waals surface area contributed by atoms with Crippen LogP contribution in [0.1, 0.15) is 43.2 Å². The van der Waals surface area contributed by atoms with E-state index in [2.05, 4.69) is 46.0 Å². The van der Waals surface area contributed by atoms with Crippen molar-refractivity contribution in [2.75, 3.05) is 0 Å². The molecule has 4 nitrogen and oxygen atoms in total. The van der Waals surface area contributed by atoms with Gasteiger partial charge in [-0.1, -0.05) is 45.1 Å². The molecular formula is C19H31NO3Si2. The summed E-state index contributed by atoms with van der Waals surface area (Å²) in [7, 11) is -1.14. The number of aromatic nitrogens is 1. The molecule has 6 heteroatoms. The van der Waals surface area contributed by atoms with Crippen LogP contribution in [0.3, 0.4) is 0 Å². The summed E-state index contributed by atoms with van der Waals surface area (Å²) in [5.74, 6) is 0. The number of para-hydroxylation sites is 1. The number of benzene rings is 1. The summed E-state index contributed by atoms with van der Waals surface area (Å²) in [6, 6.07) is 8.16. The Labute approximate surface area is 155 Å². The molecular weight excluding hydrogens is 346 g/mol. The highest BCUT2D eigenvalue weighted by atomic mass is 28.2. The minimum Gasteiger partial charge on any atom is -0.400 e. The van der Waals surface area contributed by atoms with Gasteiger partial charge in [0.2, 0.25) is 0 Å². The molecule has 0 saturated carbocycles. The lowest BCUT2D eigenvalue weighted by atomic mass is 9.83. The Bertz CT molecular complexity index is 715. The van der Waals surface area contributed by atoms with E-state index in [1.807, 2.05) is 19.1 Å². The maximum absolute atomic E-state index is 11.0. The number of aliphatic hydroxyl groups excluding tert-OH is 1. The van der Waals surface area contributed by atoms with Gasteiger partial charge in [-0.05, 0) is 31.9 Å². The molecule has 1 atom stereocenters. The zero-order chi connectivity index (χ0) is 18.6. The molecule has 0 aliphatic carbocycles. The third-order valence-corrected chi connectivity index (χ3v) is 5.95. The lowest BCUT2D eigenvalue weighted by Gasteiger charge is -2.36. The van der Waals surface area contributed by atoms with Crippen molar-refractivity contribution in [2.24, 2.45) is 5.41 Å². The maximum Gasteiger partial charge on any atom is 0.161 e. The van der Waals surface area contributed by atoms with Gasteiger partial charge in [0.15, 0.2) is 19.5 Å². The van der Waals surface area contributed by atoms with Crippen LogP contribution in [0.25, 0.3) is 10.9 Å². The summed E-state index contributed by atoms with van der Waals surface area (Å²) in [4.78, 5) is 4.73. The minimum atomic E-state index is -0.597. The number of hydrogen-bond donors (Lipinski definition) is 1. The Kier molecular flexibility index (Phi) is 6.93. The Balaban J connectivity index is 2.32. The highest BCUT2D eigenvalue weighted by Crippen LogP contribution is 2.36. The van der Waals surface area contributed by atoms with Crippen molar-refractivity contribution in [3.63, 3.8) is 0 Å². The van der Waals surface area contributed by atoms with Crippen molar-refractivity contribution in [3.8, 4) is 0 Å². The summed E-state index contributed by atoms with van der Waals surface area (Å²) in [5, 5.41) is 12.0. The van der Waals surface area contributed by atoms with E-state index in [9.17, 15) is 5.11 Å². The Morgan fingerprint density at radius 2 is 1.80 bits per heavy atom. The predicted octanol–water partition coefficient (Wildman–Crippen LogP) is 2.92. The van der Waals surface area contributed by atoms with Crippen LogP contribution < -0.4 is 0 Å². The normalized spacial score (nSPS) is 15.6. The Morgan fingerprint density at radius 1 is 1.16 bits per heavy atom. The molecule has 0 radical (unpaired) electrons. The molecule has 25 heavy (non-hydrogen) atoms. The average molecular weight is 378 g/mol. The molecule has 0 fully saturated rings. The smallest absolute Gasteiger partial charge is 0.161 e. The second kappa shape index (κ2) is 8.55. The van der Waals surface area contributed by atoms with Gasteiger partial charge < -0.3 is 14.0 Å². The fourth-order valence-corrected chi connectivity index (χ4v) is 5.09. The van der Waals surface area contributed by atoms with E-state index < -0.39 is 25.6 Å². The SMILES string of the molecule is C[SiH2]OC(O[SiH2]C)C(C)(C)CC(O)c1cccc2cc(C)c(C)nc12. The molecule has 0 aliphatic heterocycles.